The largest absolute Gasteiger partial charge is 0.252 e. The Labute approximate surface area is 182 Å². The molecule has 0 amide bonds. The van der Waals surface area contributed by atoms with Crippen LogP contribution in [0.4, 0.5) is 0 Å². The molecular formula is C23H28N8. The maximum Gasteiger partial charge on any atom is 0.198 e. The van der Waals surface area contributed by atoms with Gasteiger partial charge in [-0.05, 0) is 34.0 Å². The first kappa shape index (κ1) is 20.8. The number of H-pyrrole nitrogens is 1. The van der Waals surface area contributed by atoms with E-state index >= 15 is 0 Å². The van der Waals surface area contributed by atoms with Crippen molar-refractivity contribution in [2.24, 2.45) is 0 Å². The number of hydrogen-bond donors (Lipinski definition) is 1. The van der Waals surface area contributed by atoms with Crippen molar-refractivity contribution >= 4 is 0 Å². The highest BCUT2D eigenvalue weighted by Gasteiger charge is 2.14. The molecule has 160 valence electrons. The van der Waals surface area contributed by atoms with Crippen LogP contribution in [0.2, 0.25) is 0 Å². The van der Waals surface area contributed by atoms with Crippen molar-refractivity contribution in [3.63, 3.8) is 0 Å². The third-order valence-corrected chi connectivity index (χ3v) is 5.26. The molecule has 0 aliphatic heterocycles. The lowest BCUT2D eigenvalue weighted by Crippen LogP contribution is -2.07. The summed E-state index contributed by atoms with van der Waals surface area (Å²) in [5.74, 6) is 2.88. The van der Waals surface area contributed by atoms with Crippen molar-refractivity contribution in [1.29, 1.82) is 0 Å². The van der Waals surface area contributed by atoms with Crippen LogP contribution in [0, 0.1) is 0 Å². The van der Waals surface area contributed by atoms with E-state index < -0.39 is 0 Å². The molecule has 0 aliphatic rings. The smallest absolute Gasteiger partial charge is 0.198 e. The highest BCUT2D eigenvalue weighted by molar-refractivity contribution is 5.77. The topological polar surface area (TPSA) is 98.1 Å². The Morgan fingerprint density at radius 2 is 1.90 bits per heavy atom. The summed E-state index contributed by atoms with van der Waals surface area (Å²) in [6.07, 6.45) is 6.27. The fourth-order valence-corrected chi connectivity index (χ4v) is 3.53. The van der Waals surface area contributed by atoms with Crippen LogP contribution in [-0.4, -0.2) is 40.4 Å². The summed E-state index contributed by atoms with van der Waals surface area (Å²) in [5, 5.41) is 18.9. The van der Waals surface area contributed by atoms with Crippen LogP contribution in [0.3, 0.4) is 0 Å². The standard InChI is InChI=1S/C23H28N8/c1-4-5-6-9-20-25-22(16(2)3)28-31(20)15-17-10-12-18(13-11-17)19-8-7-14-24-21(19)23-26-29-30-27-23/h7-8,10-14,16H,4-6,9,15H2,1-3H3,(H,26,27,29,30). The van der Waals surface area contributed by atoms with Crippen LogP contribution in [0.5, 0.6) is 0 Å². The predicted molar refractivity (Wildman–Crippen MR) is 119 cm³/mol. The summed E-state index contributed by atoms with van der Waals surface area (Å²) < 4.78 is 2.07. The average molecular weight is 417 g/mol. The molecule has 1 N–H and O–H groups in total. The van der Waals surface area contributed by atoms with E-state index in [0.717, 1.165) is 41.3 Å². The van der Waals surface area contributed by atoms with Gasteiger partial charge in [-0.25, -0.2) is 14.8 Å². The van der Waals surface area contributed by atoms with E-state index in [-0.39, 0.29) is 0 Å². The van der Waals surface area contributed by atoms with Crippen molar-refractivity contribution in [1.82, 2.24) is 40.4 Å². The Morgan fingerprint density at radius 1 is 1.06 bits per heavy atom. The van der Waals surface area contributed by atoms with Gasteiger partial charge < -0.3 is 0 Å². The van der Waals surface area contributed by atoms with Crippen LogP contribution in [0.25, 0.3) is 22.6 Å². The van der Waals surface area contributed by atoms with Crippen LogP contribution >= 0.6 is 0 Å². The number of nitrogens with one attached hydrogen (secondary N) is 1. The predicted octanol–water partition coefficient (Wildman–Crippen LogP) is 4.42. The molecule has 0 bridgehead atoms. The van der Waals surface area contributed by atoms with Gasteiger partial charge in [0.1, 0.15) is 11.5 Å². The minimum Gasteiger partial charge on any atom is -0.252 e. The summed E-state index contributed by atoms with van der Waals surface area (Å²) in [6.45, 7) is 7.21. The molecule has 0 saturated carbocycles. The van der Waals surface area contributed by atoms with Gasteiger partial charge in [0.05, 0.1) is 6.54 Å². The third kappa shape index (κ3) is 4.84. The number of hydrogen-bond acceptors (Lipinski definition) is 6. The molecule has 0 spiro atoms. The fraction of sp³-hybridized carbons (Fsp3) is 0.391. The summed E-state index contributed by atoms with van der Waals surface area (Å²) in [7, 11) is 0. The number of nitrogens with zero attached hydrogens (tertiary/aromatic N) is 7. The van der Waals surface area contributed by atoms with Crippen molar-refractivity contribution in [2.75, 3.05) is 0 Å². The zero-order chi connectivity index (χ0) is 21.6. The second-order valence-corrected chi connectivity index (χ2v) is 8.00. The molecule has 4 rings (SSSR count). The number of aromatic nitrogens is 8. The SMILES string of the molecule is CCCCCc1nc(C(C)C)nn1Cc1ccc(-c2cccnc2-c2nnn[nH]2)cc1. The molecule has 0 aliphatic carbocycles. The number of unbranched alkanes of at least 4 members (excludes halogenated alkanes) is 2. The Morgan fingerprint density at radius 3 is 2.61 bits per heavy atom. The maximum atomic E-state index is 4.80. The number of pyridine rings is 1. The minimum absolute atomic E-state index is 0.322. The molecule has 0 saturated heterocycles. The first-order valence-electron chi connectivity index (χ1n) is 10.9. The molecule has 8 heteroatoms. The molecule has 0 radical (unpaired) electrons. The van der Waals surface area contributed by atoms with Gasteiger partial charge in [0.2, 0.25) is 0 Å². The van der Waals surface area contributed by atoms with Gasteiger partial charge in [-0.2, -0.15) is 5.10 Å². The molecule has 8 nitrogen and oxygen atoms in total. The second-order valence-electron chi connectivity index (χ2n) is 8.00. The van der Waals surface area contributed by atoms with Crippen molar-refractivity contribution in [3.05, 3.63) is 59.8 Å². The fourth-order valence-electron chi connectivity index (χ4n) is 3.53. The monoisotopic (exact) mass is 416 g/mol. The molecule has 4 aromatic rings. The first-order valence-corrected chi connectivity index (χ1v) is 10.9. The molecule has 0 fully saturated rings. The van der Waals surface area contributed by atoms with E-state index in [2.05, 4.69) is 75.3 Å². The quantitative estimate of drug-likeness (QED) is 0.406. The summed E-state index contributed by atoms with van der Waals surface area (Å²) in [4.78, 5) is 9.26. The van der Waals surface area contributed by atoms with E-state index in [0.29, 0.717) is 18.3 Å². The zero-order valence-corrected chi connectivity index (χ0v) is 18.3. The highest BCUT2D eigenvalue weighted by Crippen LogP contribution is 2.28. The van der Waals surface area contributed by atoms with Gasteiger partial charge >= 0.3 is 0 Å². The van der Waals surface area contributed by atoms with E-state index in [1.165, 1.54) is 18.4 Å². The molecular weight excluding hydrogens is 388 g/mol. The zero-order valence-electron chi connectivity index (χ0n) is 18.3. The lowest BCUT2D eigenvalue weighted by molar-refractivity contribution is 0.601. The normalized spacial score (nSPS) is 11.4. The number of benzene rings is 1. The average Bonchev–Trinajstić information content (AvgIpc) is 3.45. The lowest BCUT2D eigenvalue weighted by atomic mass is 10.0. The van der Waals surface area contributed by atoms with E-state index in [9.17, 15) is 0 Å². The van der Waals surface area contributed by atoms with Crippen LogP contribution < -0.4 is 0 Å². The molecule has 0 unspecified atom stereocenters. The lowest BCUT2D eigenvalue weighted by Gasteiger charge is -2.09. The Hall–Kier alpha value is -3.42. The molecule has 3 heterocycles. The maximum absolute atomic E-state index is 4.80. The van der Waals surface area contributed by atoms with Gasteiger partial charge in [0.25, 0.3) is 0 Å². The Balaban J connectivity index is 1.56. The number of rotatable bonds is 9. The van der Waals surface area contributed by atoms with Crippen molar-refractivity contribution < 1.29 is 0 Å². The van der Waals surface area contributed by atoms with Gasteiger partial charge in [0.15, 0.2) is 11.6 Å². The number of aryl methyl sites for hydroxylation is 1. The molecule has 0 atom stereocenters. The summed E-state index contributed by atoms with van der Waals surface area (Å²) in [6, 6.07) is 12.4. The van der Waals surface area contributed by atoms with Gasteiger partial charge in [-0.15, -0.1) is 5.10 Å². The Kier molecular flexibility index (Phi) is 6.45. The van der Waals surface area contributed by atoms with Gasteiger partial charge in [-0.3, -0.25) is 4.98 Å². The van der Waals surface area contributed by atoms with Crippen LogP contribution in [0.15, 0.2) is 42.6 Å². The van der Waals surface area contributed by atoms with Crippen molar-refractivity contribution in [3.8, 4) is 22.6 Å². The summed E-state index contributed by atoms with van der Waals surface area (Å²) >= 11 is 0. The second kappa shape index (κ2) is 9.59. The van der Waals surface area contributed by atoms with Gasteiger partial charge in [0, 0.05) is 24.1 Å². The van der Waals surface area contributed by atoms with E-state index in [1.54, 1.807) is 6.20 Å². The Bertz CT molecular complexity index is 1100. The first-order chi connectivity index (χ1) is 15.2. The minimum atomic E-state index is 0.322. The third-order valence-electron chi connectivity index (χ3n) is 5.26. The summed E-state index contributed by atoms with van der Waals surface area (Å²) in [5.41, 5.74) is 3.97. The number of aromatic amines is 1. The van der Waals surface area contributed by atoms with Crippen molar-refractivity contribution in [2.45, 2.75) is 58.9 Å². The molecule has 3 aromatic heterocycles. The van der Waals surface area contributed by atoms with E-state index in [4.69, 9.17) is 10.1 Å². The van der Waals surface area contributed by atoms with Crippen LogP contribution in [0.1, 0.15) is 63.2 Å². The highest BCUT2D eigenvalue weighted by atomic mass is 15.5. The van der Waals surface area contributed by atoms with Gasteiger partial charge in [-0.1, -0.05) is 63.9 Å². The van der Waals surface area contributed by atoms with Crippen LogP contribution in [-0.2, 0) is 13.0 Å². The molecule has 1 aromatic carbocycles. The molecule has 31 heavy (non-hydrogen) atoms. The van der Waals surface area contributed by atoms with E-state index in [1.807, 2.05) is 12.1 Å². The number of tetrazole rings is 1.